The number of aryl methyl sites for hydroxylation is 2. The molecule has 1 aliphatic rings. The molecule has 0 aliphatic carbocycles. The summed E-state index contributed by atoms with van der Waals surface area (Å²) in [7, 11) is 1.82. The maximum Gasteiger partial charge on any atom is 0.251 e. The molecule has 1 fully saturated rings. The van der Waals surface area contributed by atoms with E-state index in [1.807, 2.05) is 26.2 Å². The van der Waals surface area contributed by atoms with E-state index in [2.05, 4.69) is 20.7 Å². The number of aromatic nitrogens is 4. The lowest BCUT2D eigenvalue weighted by Crippen LogP contribution is -2.42. The third-order valence-corrected chi connectivity index (χ3v) is 6.42. The summed E-state index contributed by atoms with van der Waals surface area (Å²) < 4.78 is 18.5. The number of imidazole rings is 1. The van der Waals surface area contributed by atoms with E-state index >= 15 is 4.39 Å². The number of piperidine rings is 1. The molecule has 1 aromatic carbocycles. The number of nitrogens with zero attached hydrogens (tertiary/aromatic N) is 4. The Labute approximate surface area is 195 Å². The topological polar surface area (TPSA) is 76.2 Å². The van der Waals surface area contributed by atoms with Crippen LogP contribution in [0.3, 0.4) is 0 Å². The highest BCUT2D eigenvalue weighted by atomic mass is 35.5. The number of nitrogens with one attached hydrogen (secondary N) is 2. The minimum atomic E-state index is -0.426. The average Bonchev–Trinajstić information content (AvgIpc) is 3.31. The molecule has 0 atom stereocenters. The van der Waals surface area contributed by atoms with Crippen molar-refractivity contribution in [3.05, 3.63) is 65.0 Å². The van der Waals surface area contributed by atoms with E-state index in [-0.39, 0.29) is 17.1 Å². The molecule has 0 spiro atoms. The van der Waals surface area contributed by atoms with Crippen molar-refractivity contribution in [2.45, 2.75) is 25.8 Å². The van der Waals surface area contributed by atoms with E-state index in [4.69, 9.17) is 11.6 Å². The normalized spacial score (nSPS) is 14.7. The van der Waals surface area contributed by atoms with E-state index in [9.17, 15) is 4.79 Å². The van der Waals surface area contributed by atoms with E-state index in [0.29, 0.717) is 28.0 Å². The van der Waals surface area contributed by atoms with Crippen LogP contribution in [-0.4, -0.2) is 44.2 Å². The second-order valence-corrected chi connectivity index (χ2v) is 8.71. The maximum atomic E-state index is 15.1. The number of pyridine rings is 1. The van der Waals surface area contributed by atoms with E-state index < -0.39 is 5.82 Å². The Kier molecular flexibility index (Phi) is 5.64. The summed E-state index contributed by atoms with van der Waals surface area (Å²) in [5.74, 6) is -0.576. The summed E-state index contributed by atoms with van der Waals surface area (Å²) >= 11 is 6.66. The van der Waals surface area contributed by atoms with Crippen LogP contribution < -0.4 is 10.6 Å². The van der Waals surface area contributed by atoms with Crippen molar-refractivity contribution in [3.8, 4) is 22.4 Å². The minimum absolute atomic E-state index is 0.150. The molecule has 3 aromatic heterocycles. The Bertz CT molecular complexity index is 1350. The SMILES string of the molecule is Cc1nn(C)cc1-c1cccc(F)c1-c1nc2cc(C(=O)NC3CCNCC3)ccn2c1Cl. The molecular weight excluding hydrogens is 443 g/mol. The number of benzene rings is 1. The molecule has 170 valence electrons. The van der Waals surface area contributed by atoms with Gasteiger partial charge in [-0.15, -0.1) is 0 Å². The fourth-order valence-electron chi connectivity index (χ4n) is 4.40. The van der Waals surface area contributed by atoms with Gasteiger partial charge in [-0.3, -0.25) is 13.9 Å². The standard InChI is InChI=1S/C24H24ClFN6O/c1-14-18(13-31(2)30-14)17-4-3-5-19(26)21(17)22-23(25)32-11-8-15(12-20(32)29-22)24(33)28-16-6-9-27-10-7-16/h3-5,8,11-13,16,27H,6-7,9-10H2,1-2H3,(H,28,33). The van der Waals surface area contributed by atoms with Gasteiger partial charge in [-0.2, -0.15) is 5.10 Å². The smallest absolute Gasteiger partial charge is 0.251 e. The number of hydrogen-bond donors (Lipinski definition) is 2. The fourth-order valence-corrected chi connectivity index (χ4v) is 4.68. The van der Waals surface area contributed by atoms with Crippen LogP contribution in [0.5, 0.6) is 0 Å². The second-order valence-electron chi connectivity index (χ2n) is 8.36. The van der Waals surface area contributed by atoms with Crippen molar-refractivity contribution in [2.75, 3.05) is 13.1 Å². The first-order valence-corrected chi connectivity index (χ1v) is 11.3. The van der Waals surface area contributed by atoms with Gasteiger partial charge in [-0.1, -0.05) is 23.7 Å². The molecular formula is C24H24ClFN6O. The highest BCUT2D eigenvalue weighted by Gasteiger charge is 2.23. The van der Waals surface area contributed by atoms with Crippen LogP contribution in [0.25, 0.3) is 28.0 Å². The minimum Gasteiger partial charge on any atom is -0.349 e. The first-order valence-electron chi connectivity index (χ1n) is 10.9. The van der Waals surface area contributed by atoms with Gasteiger partial charge in [-0.25, -0.2) is 9.37 Å². The first-order chi connectivity index (χ1) is 15.9. The fraction of sp³-hybridized carbons (Fsp3) is 0.292. The average molecular weight is 467 g/mol. The highest BCUT2D eigenvalue weighted by molar-refractivity contribution is 6.32. The molecule has 5 rings (SSSR count). The maximum absolute atomic E-state index is 15.1. The van der Waals surface area contributed by atoms with Crippen LogP contribution >= 0.6 is 11.6 Å². The van der Waals surface area contributed by atoms with Gasteiger partial charge < -0.3 is 10.6 Å². The Morgan fingerprint density at radius 1 is 1.24 bits per heavy atom. The zero-order valence-corrected chi connectivity index (χ0v) is 19.2. The summed E-state index contributed by atoms with van der Waals surface area (Å²) in [6, 6.07) is 8.42. The van der Waals surface area contributed by atoms with Crippen LogP contribution in [0.2, 0.25) is 5.15 Å². The van der Waals surface area contributed by atoms with Gasteiger partial charge in [0.1, 0.15) is 22.3 Å². The first kappa shape index (κ1) is 21.6. The lowest BCUT2D eigenvalue weighted by Gasteiger charge is -2.23. The van der Waals surface area contributed by atoms with Gasteiger partial charge in [0, 0.05) is 42.2 Å². The monoisotopic (exact) mass is 466 g/mol. The van der Waals surface area contributed by atoms with E-state index in [1.165, 1.54) is 6.07 Å². The zero-order valence-electron chi connectivity index (χ0n) is 18.4. The zero-order chi connectivity index (χ0) is 23.1. The van der Waals surface area contributed by atoms with Crippen molar-refractivity contribution < 1.29 is 9.18 Å². The summed E-state index contributed by atoms with van der Waals surface area (Å²) in [6.45, 7) is 3.66. The molecule has 0 saturated carbocycles. The van der Waals surface area contributed by atoms with E-state index in [1.54, 1.807) is 33.5 Å². The molecule has 4 heterocycles. The quantitative estimate of drug-likeness (QED) is 0.477. The molecule has 2 N–H and O–H groups in total. The van der Waals surface area contributed by atoms with Gasteiger partial charge in [0.05, 0.1) is 5.69 Å². The summed E-state index contributed by atoms with van der Waals surface area (Å²) in [5, 5.41) is 11.0. The largest absolute Gasteiger partial charge is 0.349 e. The number of halogens is 2. The number of carbonyl (C=O) groups excluding carboxylic acids is 1. The second kappa shape index (κ2) is 8.61. The molecule has 4 aromatic rings. The summed E-state index contributed by atoms with van der Waals surface area (Å²) in [4.78, 5) is 17.4. The lowest BCUT2D eigenvalue weighted by molar-refractivity contribution is 0.0929. The van der Waals surface area contributed by atoms with Gasteiger partial charge in [0.2, 0.25) is 0 Å². The Morgan fingerprint density at radius 2 is 2.03 bits per heavy atom. The molecule has 7 nitrogen and oxygen atoms in total. The van der Waals surface area contributed by atoms with Gasteiger partial charge in [-0.05, 0) is 56.6 Å². The van der Waals surface area contributed by atoms with Crippen molar-refractivity contribution in [2.24, 2.45) is 7.05 Å². The van der Waals surface area contributed by atoms with E-state index in [0.717, 1.165) is 37.2 Å². The Morgan fingerprint density at radius 3 is 2.76 bits per heavy atom. The number of amides is 1. The third kappa shape index (κ3) is 4.00. The molecule has 0 unspecified atom stereocenters. The molecule has 9 heteroatoms. The van der Waals surface area contributed by atoms with Crippen LogP contribution in [0, 0.1) is 12.7 Å². The van der Waals surface area contributed by atoms with Crippen LogP contribution in [-0.2, 0) is 7.05 Å². The summed E-state index contributed by atoms with van der Waals surface area (Å²) in [6.07, 6.45) is 5.34. The number of fused-ring (bicyclic) bond motifs is 1. The molecule has 1 saturated heterocycles. The number of carbonyl (C=O) groups is 1. The van der Waals surface area contributed by atoms with Gasteiger partial charge in [0.25, 0.3) is 5.91 Å². The van der Waals surface area contributed by atoms with Crippen molar-refractivity contribution in [1.82, 2.24) is 29.8 Å². The third-order valence-electron chi connectivity index (χ3n) is 6.06. The Hall–Kier alpha value is -3.23. The highest BCUT2D eigenvalue weighted by Crippen LogP contribution is 2.38. The van der Waals surface area contributed by atoms with Crippen molar-refractivity contribution in [1.29, 1.82) is 0 Å². The van der Waals surface area contributed by atoms with Crippen LogP contribution in [0.4, 0.5) is 4.39 Å². The molecule has 0 radical (unpaired) electrons. The summed E-state index contributed by atoms with van der Waals surface area (Å²) in [5.41, 5.74) is 3.85. The van der Waals surface area contributed by atoms with Gasteiger partial charge >= 0.3 is 0 Å². The number of rotatable bonds is 4. The van der Waals surface area contributed by atoms with Crippen molar-refractivity contribution in [3.63, 3.8) is 0 Å². The number of hydrogen-bond acceptors (Lipinski definition) is 4. The predicted octanol–water partition coefficient (Wildman–Crippen LogP) is 3.98. The lowest BCUT2D eigenvalue weighted by atomic mass is 9.98. The molecule has 0 bridgehead atoms. The molecule has 1 aliphatic heterocycles. The van der Waals surface area contributed by atoms with Crippen molar-refractivity contribution >= 4 is 23.2 Å². The van der Waals surface area contributed by atoms with Crippen LogP contribution in [0.1, 0.15) is 28.9 Å². The molecule has 1 amide bonds. The Balaban J connectivity index is 1.56. The van der Waals surface area contributed by atoms with Gasteiger partial charge in [0.15, 0.2) is 0 Å². The molecule has 33 heavy (non-hydrogen) atoms. The van der Waals surface area contributed by atoms with Crippen LogP contribution in [0.15, 0.2) is 42.7 Å². The predicted molar refractivity (Wildman–Crippen MR) is 126 cm³/mol.